The Labute approximate surface area is 122 Å². The van der Waals surface area contributed by atoms with Gasteiger partial charge in [0.25, 0.3) is 5.91 Å². The fraction of sp³-hybridized carbons (Fsp3) is 0.250. The van der Waals surface area contributed by atoms with E-state index in [0.717, 1.165) is 22.4 Å². The van der Waals surface area contributed by atoms with Crippen LogP contribution in [-0.4, -0.2) is 22.2 Å². The smallest absolute Gasteiger partial charge is 0.251 e. The van der Waals surface area contributed by atoms with Gasteiger partial charge >= 0.3 is 0 Å². The van der Waals surface area contributed by atoms with Crippen LogP contribution in [0, 0.1) is 13.8 Å². The summed E-state index contributed by atoms with van der Waals surface area (Å²) in [4.78, 5) is 12.1. The zero-order chi connectivity index (χ0) is 14.8. The average molecular weight is 283 g/mol. The van der Waals surface area contributed by atoms with Crippen LogP contribution in [0.1, 0.15) is 21.8 Å². The minimum Gasteiger partial charge on any atom is -0.461 e. The summed E-state index contributed by atoms with van der Waals surface area (Å²) < 4.78 is 7.32. The first-order chi connectivity index (χ1) is 10.1. The van der Waals surface area contributed by atoms with Crippen LogP contribution in [0.25, 0.3) is 11.0 Å². The van der Waals surface area contributed by atoms with Crippen molar-refractivity contribution >= 4 is 16.9 Å². The van der Waals surface area contributed by atoms with Crippen LogP contribution < -0.4 is 5.32 Å². The highest BCUT2D eigenvalue weighted by Gasteiger charge is 2.08. The summed E-state index contributed by atoms with van der Waals surface area (Å²) in [6.07, 6.45) is 1.90. The molecule has 0 saturated carbocycles. The van der Waals surface area contributed by atoms with Gasteiger partial charge in [0, 0.05) is 23.7 Å². The van der Waals surface area contributed by atoms with E-state index in [1.807, 2.05) is 49.0 Å². The summed E-state index contributed by atoms with van der Waals surface area (Å²) in [5.41, 5.74) is 2.41. The van der Waals surface area contributed by atoms with Crippen molar-refractivity contribution < 1.29 is 9.21 Å². The number of carbonyl (C=O) groups is 1. The average Bonchev–Trinajstić information content (AvgIpc) is 3.02. The van der Waals surface area contributed by atoms with E-state index in [1.165, 1.54) is 0 Å². The van der Waals surface area contributed by atoms with Gasteiger partial charge in [-0.3, -0.25) is 9.48 Å². The number of aromatic nitrogens is 2. The molecule has 5 heteroatoms. The highest BCUT2D eigenvalue weighted by molar-refractivity contribution is 5.97. The van der Waals surface area contributed by atoms with Gasteiger partial charge in [0.15, 0.2) is 0 Å². The molecule has 0 aliphatic rings. The summed E-state index contributed by atoms with van der Waals surface area (Å²) in [7, 11) is 0. The number of hydrogen-bond donors (Lipinski definition) is 1. The van der Waals surface area contributed by atoms with E-state index in [2.05, 4.69) is 10.4 Å². The van der Waals surface area contributed by atoms with Crippen molar-refractivity contribution in [2.75, 3.05) is 6.54 Å². The number of carbonyl (C=O) groups excluding carboxylic acids is 1. The monoisotopic (exact) mass is 283 g/mol. The van der Waals surface area contributed by atoms with Gasteiger partial charge in [-0.25, -0.2) is 0 Å². The Balaban J connectivity index is 1.63. The Morgan fingerprint density at radius 1 is 1.29 bits per heavy atom. The third-order valence-electron chi connectivity index (χ3n) is 3.30. The molecule has 1 amide bonds. The van der Waals surface area contributed by atoms with Gasteiger partial charge in [0.2, 0.25) is 0 Å². The molecular weight excluding hydrogens is 266 g/mol. The number of fused-ring (bicyclic) bond motifs is 1. The Morgan fingerprint density at radius 3 is 2.90 bits per heavy atom. The van der Waals surface area contributed by atoms with Gasteiger partial charge in [-0.1, -0.05) is 0 Å². The third-order valence-corrected chi connectivity index (χ3v) is 3.30. The lowest BCUT2D eigenvalue weighted by atomic mass is 10.1. The van der Waals surface area contributed by atoms with E-state index >= 15 is 0 Å². The molecule has 0 atom stereocenters. The summed E-state index contributed by atoms with van der Waals surface area (Å²) in [5, 5.41) is 8.12. The predicted molar refractivity (Wildman–Crippen MR) is 80.2 cm³/mol. The fourth-order valence-electron chi connectivity index (χ4n) is 2.29. The number of nitrogens with zero attached hydrogens (tertiary/aromatic N) is 2. The Hall–Kier alpha value is -2.56. The number of rotatable bonds is 4. The summed E-state index contributed by atoms with van der Waals surface area (Å²) >= 11 is 0. The maximum absolute atomic E-state index is 12.1. The molecule has 0 radical (unpaired) electrons. The Morgan fingerprint density at radius 2 is 2.14 bits per heavy atom. The van der Waals surface area contributed by atoms with E-state index in [0.29, 0.717) is 18.7 Å². The lowest BCUT2D eigenvalue weighted by Gasteiger charge is -2.05. The highest BCUT2D eigenvalue weighted by Crippen LogP contribution is 2.20. The SMILES string of the molecule is Cc1ccn(CCNC(=O)c2ccc3oc(C)cc3c2)n1. The van der Waals surface area contributed by atoms with Crippen LogP contribution in [0.3, 0.4) is 0 Å². The molecule has 0 spiro atoms. The van der Waals surface area contributed by atoms with E-state index in [1.54, 1.807) is 6.07 Å². The number of aryl methyl sites for hydroxylation is 2. The molecule has 3 aromatic rings. The van der Waals surface area contributed by atoms with Crippen LogP contribution in [-0.2, 0) is 6.54 Å². The zero-order valence-electron chi connectivity index (χ0n) is 12.1. The van der Waals surface area contributed by atoms with Crippen LogP contribution in [0.4, 0.5) is 0 Å². The van der Waals surface area contributed by atoms with Gasteiger partial charge in [-0.15, -0.1) is 0 Å². The minimum atomic E-state index is -0.0837. The van der Waals surface area contributed by atoms with Crippen molar-refractivity contribution in [1.82, 2.24) is 15.1 Å². The molecule has 0 aliphatic heterocycles. The van der Waals surface area contributed by atoms with E-state index < -0.39 is 0 Å². The second-order valence-electron chi connectivity index (χ2n) is 5.09. The van der Waals surface area contributed by atoms with Crippen LogP contribution in [0.15, 0.2) is 40.9 Å². The summed E-state index contributed by atoms with van der Waals surface area (Å²) in [6.45, 7) is 5.04. The molecule has 0 aliphatic carbocycles. The lowest BCUT2D eigenvalue weighted by Crippen LogP contribution is -2.27. The van der Waals surface area contributed by atoms with Crippen molar-refractivity contribution in [3.63, 3.8) is 0 Å². The quantitative estimate of drug-likeness (QED) is 0.800. The van der Waals surface area contributed by atoms with Gasteiger partial charge in [-0.2, -0.15) is 5.10 Å². The minimum absolute atomic E-state index is 0.0837. The number of furan rings is 1. The van der Waals surface area contributed by atoms with Gasteiger partial charge in [0.05, 0.1) is 12.2 Å². The summed E-state index contributed by atoms with van der Waals surface area (Å²) in [6, 6.07) is 9.32. The topological polar surface area (TPSA) is 60.1 Å². The molecule has 5 nitrogen and oxygen atoms in total. The van der Waals surface area contributed by atoms with Gasteiger partial charge in [0.1, 0.15) is 11.3 Å². The van der Waals surface area contributed by atoms with E-state index in [4.69, 9.17) is 4.42 Å². The maximum Gasteiger partial charge on any atom is 0.251 e. The standard InChI is InChI=1S/C16H17N3O2/c1-11-5-7-19(18-11)8-6-17-16(20)13-3-4-15-14(10-13)9-12(2)21-15/h3-5,7,9-10H,6,8H2,1-2H3,(H,17,20). The van der Waals surface area contributed by atoms with Crippen LogP contribution in [0.2, 0.25) is 0 Å². The molecule has 1 N–H and O–H groups in total. The highest BCUT2D eigenvalue weighted by atomic mass is 16.3. The normalized spacial score (nSPS) is 11.0. The first-order valence-corrected chi connectivity index (χ1v) is 6.90. The number of hydrogen-bond acceptors (Lipinski definition) is 3. The largest absolute Gasteiger partial charge is 0.461 e. The zero-order valence-corrected chi connectivity index (χ0v) is 12.1. The molecule has 2 aromatic heterocycles. The molecule has 0 unspecified atom stereocenters. The molecule has 0 bridgehead atoms. The second-order valence-corrected chi connectivity index (χ2v) is 5.09. The Kier molecular flexibility index (Phi) is 3.48. The van der Waals surface area contributed by atoms with E-state index in [-0.39, 0.29) is 5.91 Å². The summed E-state index contributed by atoms with van der Waals surface area (Å²) in [5.74, 6) is 0.760. The van der Waals surface area contributed by atoms with Crippen LogP contribution in [0.5, 0.6) is 0 Å². The van der Waals surface area contributed by atoms with Gasteiger partial charge in [-0.05, 0) is 44.2 Å². The van der Waals surface area contributed by atoms with Crippen molar-refractivity contribution in [2.24, 2.45) is 0 Å². The number of benzene rings is 1. The van der Waals surface area contributed by atoms with Crippen molar-refractivity contribution in [1.29, 1.82) is 0 Å². The molecule has 2 heterocycles. The van der Waals surface area contributed by atoms with Crippen LogP contribution >= 0.6 is 0 Å². The maximum atomic E-state index is 12.1. The second kappa shape index (κ2) is 5.44. The molecule has 3 rings (SSSR count). The van der Waals surface area contributed by atoms with Crippen molar-refractivity contribution in [3.8, 4) is 0 Å². The molecule has 0 saturated heterocycles. The Bertz CT molecular complexity index is 786. The van der Waals surface area contributed by atoms with E-state index in [9.17, 15) is 4.79 Å². The van der Waals surface area contributed by atoms with Crippen molar-refractivity contribution in [3.05, 3.63) is 53.5 Å². The molecule has 0 fully saturated rings. The molecule has 108 valence electrons. The lowest BCUT2D eigenvalue weighted by molar-refractivity contribution is 0.0952. The first kappa shape index (κ1) is 13.4. The fourth-order valence-corrected chi connectivity index (χ4v) is 2.29. The molecular formula is C16H17N3O2. The third kappa shape index (κ3) is 2.97. The van der Waals surface area contributed by atoms with Gasteiger partial charge < -0.3 is 9.73 Å². The van der Waals surface area contributed by atoms with Crippen molar-refractivity contribution in [2.45, 2.75) is 20.4 Å². The molecule has 1 aromatic carbocycles. The predicted octanol–water partition coefficient (Wildman–Crippen LogP) is 2.68. The molecule has 21 heavy (non-hydrogen) atoms. The first-order valence-electron chi connectivity index (χ1n) is 6.90. The number of amides is 1. The number of nitrogens with one attached hydrogen (secondary N) is 1.